The Morgan fingerprint density at radius 3 is 2.74 bits per heavy atom. The zero-order chi connectivity index (χ0) is 14.0. The van der Waals surface area contributed by atoms with Crippen molar-refractivity contribution in [2.24, 2.45) is 0 Å². The summed E-state index contributed by atoms with van der Waals surface area (Å²) < 4.78 is 28.1. The molecule has 0 aromatic heterocycles. The van der Waals surface area contributed by atoms with E-state index in [1.54, 1.807) is 23.9 Å². The van der Waals surface area contributed by atoms with E-state index in [4.69, 9.17) is 11.6 Å². The zero-order valence-corrected chi connectivity index (χ0v) is 14.4. The van der Waals surface area contributed by atoms with E-state index in [0.717, 1.165) is 23.7 Å². The number of thioether (sulfide) groups is 1. The van der Waals surface area contributed by atoms with Crippen LogP contribution in [0.5, 0.6) is 0 Å². The minimum atomic E-state index is -3.53. The molecule has 0 heterocycles. The SMILES string of the molecule is CSC1CCC(NS(=O)(=O)c2ccc(Br)cc2Cl)C1. The second-order valence-corrected chi connectivity index (χ2v) is 8.71. The molecule has 1 N–H and O–H groups in total. The Kier molecular flexibility index (Phi) is 5.22. The summed E-state index contributed by atoms with van der Waals surface area (Å²) in [5, 5.41) is 0.786. The Hall–Kier alpha value is 0.250. The second-order valence-electron chi connectivity index (χ2n) is 4.56. The standard InChI is InChI=1S/C12H15BrClNO2S2/c1-18-10-4-3-9(7-10)15-19(16,17)12-5-2-8(13)6-11(12)14/h2,5-6,9-10,15H,3-4,7H2,1H3. The minimum Gasteiger partial charge on any atom is -0.208 e. The lowest BCUT2D eigenvalue weighted by atomic mass is 10.3. The van der Waals surface area contributed by atoms with Crippen LogP contribution in [0, 0.1) is 0 Å². The maximum Gasteiger partial charge on any atom is 0.242 e. The number of sulfonamides is 1. The lowest BCUT2D eigenvalue weighted by Gasteiger charge is -2.14. The maximum atomic E-state index is 12.3. The molecule has 1 aliphatic rings. The normalized spacial score (nSPS) is 23.7. The number of benzene rings is 1. The van der Waals surface area contributed by atoms with Gasteiger partial charge >= 0.3 is 0 Å². The van der Waals surface area contributed by atoms with Gasteiger partial charge in [0.25, 0.3) is 0 Å². The quantitative estimate of drug-likeness (QED) is 0.861. The first-order valence-corrected chi connectivity index (χ1v) is 9.87. The molecule has 0 saturated heterocycles. The van der Waals surface area contributed by atoms with Crippen LogP contribution in [-0.2, 0) is 10.0 Å². The molecule has 2 atom stereocenters. The van der Waals surface area contributed by atoms with Gasteiger partial charge in [0, 0.05) is 15.8 Å². The molecule has 0 aliphatic heterocycles. The van der Waals surface area contributed by atoms with Crippen molar-refractivity contribution in [3.8, 4) is 0 Å². The number of hydrogen-bond acceptors (Lipinski definition) is 3. The van der Waals surface area contributed by atoms with E-state index in [9.17, 15) is 8.42 Å². The number of nitrogens with one attached hydrogen (secondary N) is 1. The number of hydrogen-bond donors (Lipinski definition) is 1. The Balaban J connectivity index is 2.14. The van der Waals surface area contributed by atoms with Gasteiger partial charge in [-0.2, -0.15) is 11.8 Å². The van der Waals surface area contributed by atoms with Crippen molar-refractivity contribution in [2.75, 3.05) is 6.26 Å². The molecule has 0 spiro atoms. The number of rotatable bonds is 4. The fraction of sp³-hybridized carbons (Fsp3) is 0.500. The first-order chi connectivity index (χ1) is 8.92. The topological polar surface area (TPSA) is 46.2 Å². The highest BCUT2D eigenvalue weighted by atomic mass is 79.9. The molecule has 0 radical (unpaired) electrons. The van der Waals surface area contributed by atoms with Gasteiger partial charge in [-0.25, -0.2) is 13.1 Å². The molecule has 1 aromatic rings. The minimum absolute atomic E-state index is 0.0159. The van der Waals surface area contributed by atoms with Crippen LogP contribution < -0.4 is 4.72 Å². The summed E-state index contributed by atoms with van der Waals surface area (Å²) in [5.41, 5.74) is 0. The summed E-state index contributed by atoms with van der Waals surface area (Å²) in [4.78, 5) is 0.143. The largest absolute Gasteiger partial charge is 0.242 e. The highest BCUT2D eigenvalue weighted by Crippen LogP contribution is 2.30. The van der Waals surface area contributed by atoms with Crippen LogP contribution in [0.25, 0.3) is 0 Å². The number of halogens is 2. The molecule has 106 valence electrons. The molecular formula is C12H15BrClNO2S2. The smallest absolute Gasteiger partial charge is 0.208 e. The van der Waals surface area contributed by atoms with E-state index in [2.05, 4.69) is 26.9 Å². The highest BCUT2D eigenvalue weighted by molar-refractivity contribution is 9.10. The third kappa shape index (κ3) is 3.88. The van der Waals surface area contributed by atoms with Gasteiger partial charge in [-0.05, 0) is 43.7 Å². The van der Waals surface area contributed by atoms with E-state index in [-0.39, 0.29) is 16.0 Å². The van der Waals surface area contributed by atoms with E-state index >= 15 is 0 Å². The van der Waals surface area contributed by atoms with Crippen LogP contribution >= 0.6 is 39.3 Å². The van der Waals surface area contributed by atoms with Gasteiger partial charge in [0.1, 0.15) is 4.90 Å². The summed E-state index contributed by atoms with van der Waals surface area (Å²) in [6, 6.07) is 4.81. The predicted molar refractivity (Wildman–Crippen MR) is 84.4 cm³/mol. The Morgan fingerprint density at radius 2 is 2.16 bits per heavy atom. The fourth-order valence-electron chi connectivity index (χ4n) is 2.24. The maximum absolute atomic E-state index is 12.3. The molecule has 1 fully saturated rings. The molecule has 0 amide bonds. The molecule has 7 heteroatoms. The van der Waals surface area contributed by atoms with Crippen molar-refractivity contribution < 1.29 is 8.42 Å². The van der Waals surface area contributed by atoms with Gasteiger partial charge in [0.05, 0.1) is 5.02 Å². The van der Waals surface area contributed by atoms with Crippen LogP contribution in [0.2, 0.25) is 5.02 Å². The van der Waals surface area contributed by atoms with Gasteiger partial charge in [-0.15, -0.1) is 0 Å². The molecule has 0 bridgehead atoms. The summed E-state index contributed by atoms with van der Waals surface area (Å²) in [6.07, 6.45) is 4.89. The molecule has 1 aromatic carbocycles. The van der Waals surface area contributed by atoms with Crippen molar-refractivity contribution in [3.63, 3.8) is 0 Å². The predicted octanol–water partition coefficient (Wildman–Crippen LogP) is 3.66. The Bertz CT molecular complexity index is 565. The van der Waals surface area contributed by atoms with Gasteiger partial charge in [-0.1, -0.05) is 27.5 Å². The average molecular weight is 385 g/mol. The lowest BCUT2D eigenvalue weighted by molar-refractivity contribution is 0.552. The van der Waals surface area contributed by atoms with E-state index in [0.29, 0.717) is 5.25 Å². The summed E-state index contributed by atoms with van der Waals surface area (Å²) in [5.74, 6) is 0. The second kappa shape index (κ2) is 6.35. The van der Waals surface area contributed by atoms with Crippen molar-refractivity contribution in [1.82, 2.24) is 4.72 Å². The molecule has 1 saturated carbocycles. The van der Waals surface area contributed by atoms with E-state index < -0.39 is 10.0 Å². The average Bonchev–Trinajstić information content (AvgIpc) is 2.75. The highest BCUT2D eigenvalue weighted by Gasteiger charge is 2.29. The van der Waals surface area contributed by atoms with Crippen LogP contribution in [0.15, 0.2) is 27.6 Å². The first-order valence-electron chi connectivity index (χ1n) is 5.92. The molecule has 3 nitrogen and oxygen atoms in total. The van der Waals surface area contributed by atoms with E-state index in [1.807, 2.05) is 0 Å². The summed E-state index contributed by atoms with van der Waals surface area (Å²) in [6.45, 7) is 0. The molecular weight excluding hydrogens is 370 g/mol. The van der Waals surface area contributed by atoms with Gasteiger partial charge in [-0.3, -0.25) is 0 Å². The molecule has 1 aliphatic carbocycles. The zero-order valence-electron chi connectivity index (χ0n) is 10.4. The van der Waals surface area contributed by atoms with Gasteiger partial charge in [0.2, 0.25) is 10.0 Å². The third-order valence-electron chi connectivity index (χ3n) is 3.22. The molecule has 2 unspecified atom stereocenters. The Morgan fingerprint density at radius 1 is 1.42 bits per heavy atom. The Labute approximate surface area is 131 Å². The van der Waals surface area contributed by atoms with Crippen molar-refractivity contribution >= 4 is 49.3 Å². The van der Waals surface area contributed by atoms with Crippen LogP contribution in [-0.4, -0.2) is 26.0 Å². The van der Waals surface area contributed by atoms with Crippen LogP contribution in [0.1, 0.15) is 19.3 Å². The lowest BCUT2D eigenvalue weighted by Crippen LogP contribution is -2.33. The van der Waals surface area contributed by atoms with Crippen LogP contribution in [0.4, 0.5) is 0 Å². The van der Waals surface area contributed by atoms with E-state index in [1.165, 1.54) is 6.07 Å². The van der Waals surface area contributed by atoms with Gasteiger partial charge < -0.3 is 0 Å². The summed E-state index contributed by atoms with van der Waals surface area (Å²) in [7, 11) is -3.53. The first kappa shape index (κ1) is 15.6. The third-order valence-corrected chi connectivity index (χ3v) is 6.81. The van der Waals surface area contributed by atoms with Crippen molar-refractivity contribution in [1.29, 1.82) is 0 Å². The molecule has 2 rings (SSSR count). The van der Waals surface area contributed by atoms with Crippen molar-refractivity contribution in [3.05, 3.63) is 27.7 Å². The van der Waals surface area contributed by atoms with Gasteiger partial charge in [0.15, 0.2) is 0 Å². The van der Waals surface area contributed by atoms with Crippen molar-refractivity contribution in [2.45, 2.75) is 35.4 Å². The molecule has 19 heavy (non-hydrogen) atoms. The fourth-order valence-corrected chi connectivity index (χ4v) is 5.35. The summed E-state index contributed by atoms with van der Waals surface area (Å²) >= 11 is 11.1. The monoisotopic (exact) mass is 383 g/mol. The van der Waals surface area contributed by atoms with Crippen LogP contribution in [0.3, 0.4) is 0 Å².